The highest BCUT2D eigenvalue weighted by Crippen LogP contribution is 2.23. The lowest BCUT2D eigenvalue weighted by Gasteiger charge is -2.11. The van der Waals surface area contributed by atoms with E-state index >= 15 is 0 Å². The van der Waals surface area contributed by atoms with Gasteiger partial charge in [0.1, 0.15) is 18.1 Å². The van der Waals surface area contributed by atoms with Crippen LogP contribution in [0.5, 0.6) is 11.5 Å². The number of carbonyl (C=O) groups excluding carboxylic acids is 1. The van der Waals surface area contributed by atoms with E-state index in [-0.39, 0.29) is 0 Å². The van der Waals surface area contributed by atoms with Crippen LogP contribution in [0.25, 0.3) is 0 Å². The Labute approximate surface area is 108 Å². The van der Waals surface area contributed by atoms with Crippen LogP contribution >= 0.6 is 0 Å². The summed E-state index contributed by atoms with van der Waals surface area (Å²) in [5, 5.41) is 0. The second-order valence-corrected chi connectivity index (χ2v) is 3.71. The summed E-state index contributed by atoms with van der Waals surface area (Å²) < 4.78 is 16.2. The Kier molecular flexibility index (Phi) is 6.87. The van der Waals surface area contributed by atoms with Crippen molar-refractivity contribution in [3.63, 3.8) is 0 Å². The molecule has 0 aliphatic carbocycles. The fourth-order valence-electron chi connectivity index (χ4n) is 1.40. The predicted molar refractivity (Wildman–Crippen MR) is 69.6 cm³/mol. The molecule has 0 amide bonds. The highest BCUT2D eigenvalue weighted by molar-refractivity contribution is 5.79. The third kappa shape index (κ3) is 4.75. The van der Waals surface area contributed by atoms with Crippen LogP contribution in [0, 0.1) is 0 Å². The Morgan fingerprint density at radius 3 is 2.61 bits per heavy atom. The number of benzene rings is 1. The van der Waals surface area contributed by atoms with Crippen LogP contribution in [0.4, 0.5) is 0 Å². The van der Waals surface area contributed by atoms with Crippen LogP contribution in [0.15, 0.2) is 18.2 Å². The third-order valence-corrected chi connectivity index (χ3v) is 2.27. The largest absolute Gasteiger partial charge is 0.493 e. The van der Waals surface area contributed by atoms with Crippen LogP contribution in [-0.2, 0) is 4.74 Å². The fraction of sp³-hybridized carbons (Fsp3) is 0.500. The maximum absolute atomic E-state index is 10.9. The van der Waals surface area contributed by atoms with E-state index in [9.17, 15) is 4.79 Å². The van der Waals surface area contributed by atoms with Crippen molar-refractivity contribution >= 4 is 6.29 Å². The van der Waals surface area contributed by atoms with E-state index in [4.69, 9.17) is 14.2 Å². The minimum absolute atomic E-state index is 0.423. The van der Waals surface area contributed by atoms with E-state index in [0.717, 1.165) is 12.7 Å². The second-order valence-electron chi connectivity index (χ2n) is 3.71. The standard InChI is InChI=1S/C14H20O4/c1-3-7-17-13-6-5-12(11-15)14(10-13)18-9-8-16-4-2/h5-6,10-11H,3-4,7-9H2,1-2H3. The van der Waals surface area contributed by atoms with E-state index in [1.165, 1.54) is 0 Å². The van der Waals surface area contributed by atoms with Crippen molar-refractivity contribution in [2.24, 2.45) is 0 Å². The number of ether oxygens (including phenoxy) is 3. The molecule has 4 heteroatoms. The molecule has 0 aromatic heterocycles. The lowest BCUT2D eigenvalue weighted by molar-refractivity contribution is 0.106. The van der Waals surface area contributed by atoms with Gasteiger partial charge in [-0.2, -0.15) is 0 Å². The van der Waals surface area contributed by atoms with Crippen molar-refractivity contribution < 1.29 is 19.0 Å². The zero-order valence-electron chi connectivity index (χ0n) is 11.0. The zero-order chi connectivity index (χ0) is 13.2. The monoisotopic (exact) mass is 252 g/mol. The molecule has 0 fully saturated rings. The highest BCUT2D eigenvalue weighted by Gasteiger charge is 2.05. The number of hydrogen-bond donors (Lipinski definition) is 0. The average molecular weight is 252 g/mol. The number of aldehydes is 1. The quantitative estimate of drug-likeness (QED) is 0.500. The van der Waals surface area contributed by atoms with Gasteiger partial charge >= 0.3 is 0 Å². The van der Waals surface area contributed by atoms with E-state index in [0.29, 0.717) is 43.5 Å². The zero-order valence-corrected chi connectivity index (χ0v) is 11.0. The van der Waals surface area contributed by atoms with E-state index in [1.807, 2.05) is 13.8 Å². The van der Waals surface area contributed by atoms with Crippen LogP contribution in [-0.4, -0.2) is 32.7 Å². The normalized spacial score (nSPS) is 10.1. The Hall–Kier alpha value is -1.55. The molecule has 18 heavy (non-hydrogen) atoms. The molecule has 0 spiro atoms. The van der Waals surface area contributed by atoms with Gasteiger partial charge in [-0.3, -0.25) is 4.79 Å². The molecule has 1 rings (SSSR count). The Balaban J connectivity index is 2.63. The van der Waals surface area contributed by atoms with Crippen LogP contribution in [0.3, 0.4) is 0 Å². The molecule has 0 radical (unpaired) electrons. The SMILES string of the molecule is CCCOc1ccc(C=O)c(OCCOCC)c1. The van der Waals surface area contributed by atoms with Gasteiger partial charge < -0.3 is 14.2 Å². The van der Waals surface area contributed by atoms with Gasteiger partial charge in [-0.15, -0.1) is 0 Å². The lowest BCUT2D eigenvalue weighted by Crippen LogP contribution is -2.07. The van der Waals surface area contributed by atoms with E-state index in [1.54, 1.807) is 18.2 Å². The van der Waals surface area contributed by atoms with Gasteiger partial charge in [0.15, 0.2) is 6.29 Å². The number of rotatable bonds is 9. The molecule has 1 aromatic carbocycles. The Morgan fingerprint density at radius 2 is 1.94 bits per heavy atom. The molecule has 0 aliphatic heterocycles. The molecule has 0 N–H and O–H groups in total. The second kappa shape index (κ2) is 8.53. The molecular weight excluding hydrogens is 232 g/mol. The summed E-state index contributed by atoms with van der Waals surface area (Å²) in [4.78, 5) is 10.9. The van der Waals surface area contributed by atoms with E-state index in [2.05, 4.69) is 0 Å². The van der Waals surface area contributed by atoms with E-state index < -0.39 is 0 Å². The summed E-state index contributed by atoms with van der Waals surface area (Å²) >= 11 is 0. The molecule has 4 nitrogen and oxygen atoms in total. The first-order chi connectivity index (χ1) is 8.81. The van der Waals surface area contributed by atoms with Gasteiger partial charge in [0.2, 0.25) is 0 Å². The van der Waals surface area contributed by atoms with Crippen molar-refractivity contribution in [3.8, 4) is 11.5 Å². The molecule has 0 atom stereocenters. The Bertz CT molecular complexity index is 363. The summed E-state index contributed by atoms with van der Waals surface area (Å²) in [6.07, 6.45) is 1.72. The van der Waals surface area contributed by atoms with Gasteiger partial charge in [0.05, 0.1) is 18.8 Å². The summed E-state index contributed by atoms with van der Waals surface area (Å²) in [5.41, 5.74) is 0.523. The predicted octanol–water partition coefficient (Wildman–Crippen LogP) is 2.70. The van der Waals surface area contributed by atoms with Gasteiger partial charge in [-0.05, 0) is 25.5 Å². The summed E-state index contributed by atoms with van der Waals surface area (Å²) in [7, 11) is 0. The number of carbonyl (C=O) groups is 1. The van der Waals surface area contributed by atoms with Gasteiger partial charge in [0, 0.05) is 12.7 Å². The van der Waals surface area contributed by atoms with Crippen molar-refractivity contribution in [1.29, 1.82) is 0 Å². The first-order valence-corrected chi connectivity index (χ1v) is 6.24. The smallest absolute Gasteiger partial charge is 0.153 e. The Morgan fingerprint density at radius 1 is 1.11 bits per heavy atom. The van der Waals surface area contributed by atoms with Crippen molar-refractivity contribution in [2.45, 2.75) is 20.3 Å². The molecule has 0 aliphatic rings. The van der Waals surface area contributed by atoms with Crippen LogP contribution < -0.4 is 9.47 Å². The lowest BCUT2D eigenvalue weighted by atomic mass is 10.2. The topological polar surface area (TPSA) is 44.8 Å². The maximum Gasteiger partial charge on any atom is 0.153 e. The van der Waals surface area contributed by atoms with Crippen molar-refractivity contribution in [2.75, 3.05) is 26.4 Å². The summed E-state index contributed by atoms with van der Waals surface area (Å²) in [6, 6.07) is 5.22. The fourth-order valence-corrected chi connectivity index (χ4v) is 1.40. The summed E-state index contributed by atoms with van der Waals surface area (Å²) in [6.45, 7) is 6.21. The van der Waals surface area contributed by atoms with Crippen molar-refractivity contribution in [1.82, 2.24) is 0 Å². The molecule has 100 valence electrons. The average Bonchev–Trinajstić information content (AvgIpc) is 2.41. The van der Waals surface area contributed by atoms with Gasteiger partial charge in [-0.1, -0.05) is 6.92 Å². The highest BCUT2D eigenvalue weighted by atomic mass is 16.5. The molecule has 0 unspecified atom stereocenters. The summed E-state index contributed by atoms with van der Waals surface area (Å²) in [5.74, 6) is 1.26. The third-order valence-electron chi connectivity index (χ3n) is 2.27. The van der Waals surface area contributed by atoms with Crippen LogP contribution in [0.1, 0.15) is 30.6 Å². The van der Waals surface area contributed by atoms with Crippen LogP contribution in [0.2, 0.25) is 0 Å². The van der Waals surface area contributed by atoms with Gasteiger partial charge in [0.25, 0.3) is 0 Å². The first kappa shape index (κ1) is 14.5. The molecule has 0 saturated carbocycles. The maximum atomic E-state index is 10.9. The minimum atomic E-state index is 0.423. The molecule has 0 saturated heterocycles. The number of hydrogen-bond acceptors (Lipinski definition) is 4. The molecule has 0 heterocycles. The first-order valence-electron chi connectivity index (χ1n) is 6.24. The molecule has 0 bridgehead atoms. The van der Waals surface area contributed by atoms with Crippen molar-refractivity contribution in [3.05, 3.63) is 23.8 Å². The van der Waals surface area contributed by atoms with Gasteiger partial charge in [-0.25, -0.2) is 0 Å². The molecule has 1 aromatic rings. The minimum Gasteiger partial charge on any atom is -0.493 e. The molecular formula is C14H20O4.